The highest BCUT2D eigenvalue weighted by molar-refractivity contribution is 7.09. The molecule has 0 aliphatic heterocycles. The molecule has 16 heavy (non-hydrogen) atoms. The van der Waals surface area contributed by atoms with Crippen LogP contribution < -0.4 is 5.32 Å². The van der Waals surface area contributed by atoms with E-state index in [1.165, 1.54) is 30.0 Å². The summed E-state index contributed by atoms with van der Waals surface area (Å²) in [6.07, 6.45) is 3.73. The molecule has 0 aliphatic carbocycles. The van der Waals surface area contributed by atoms with Crippen LogP contribution in [0.25, 0.3) is 0 Å². The van der Waals surface area contributed by atoms with Gasteiger partial charge in [-0.3, -0.25) is 0 Å². The number of hydrogen-bond acceptors (Lipinski definition) is 3. The molecule has 2 nitrogen and oxygen atoms in total. The van der Waals surface area contributed by atoms with Gasteiger partial charge in [0.15, 0.2) is 0 Å². The molecule has 3 heteroatoms. The topological polar surface area (TPSA) is 24.9 Å². The van der Waals surface area contributed by atoms with Crippen LogP contribution in [0.2, 0.25) is 0 Å². The third-order valence-corrected chi connectivity index (χ3v) is 3.70. The van der Waals surface area contributed by atoms with Gasteiger partial charge < -0.3 is 5.32 Å². The third kappa shape index (κ3) is 3.87. The number of nitrogens with one attached hydrogen (secondary N) is 1. The molecule has 1 heterocycles. The molecule has 1 unspecified atom stereocenters. The van der Waals surface area contributed by atoms with Gasteiger partial charge in [-0.2, -0.15) is 0 Å². The Labute approximate surface area is 103 Å². The van der Waals surface area contributed by atoms with Gasteiger partial charge in [0.05, 0.1) is 11.7 Å². The van der Waals surface area contributed by atoms with E-state index in [9.17, 15) is 0 Å². The lowest BCUT2D eigenvalue weighted by atomic mass is 10.1. The molecule has 0 saturated carbocycles. The highest BCUT2D eigenvalue weighted by Crippen LogP contribution is 2.25. The molecule has 0 aromatic carbocycles. The number of unbranched alkanes of at least 4 members (excludes halogenated alkanes) is 1. The fourth-order valence-electron chi connectivity index (χ4n) is 1.69. The van der Waals surface area contributed by atoms with Gasteiger partial charge in [-0.1, -0.05) is 40.5 Å². The van der Waals surface area contributed by atoms with E-state index in [4.69, 9.17) is 4.98 Å². The first-order chi connectivity index (χ1) is 7.69. The second-order valence-electron chi connectivity index (χ2n) is 4.52. The number of rotatable bonds is 7. The van der Waals surface area contributed by atoms with E-state index in [-0.39, 0.29) is 0 Å². The highest BCUT2D eigenvalue weighted by Gasteiger charge is 2.14. The fourth-order valence-corrected chi connectivity index (χ4v) is 2.78. The largest absolute Gasteiger partial charge is 0.308 e. The predicted molar refractivity (Wildman–Crippen MR) is 72.1 cm³/mol. The number of nitrogens with zero attached hydrogens (tertiary/aromatic N) is 1. The van der Waals surface area contributed by atoms with Crippen molar-refractivity contribution in [2.24, 2.45) is 0 Å². The molecule has 0 saturated heterocycles. The second-order valence-corrected chi connectivity index (χ2v) is 5.41. The van der Waals surface area contributed by atoms with Crippen LogP contribution in [0.15, 0.2) is 5.38 Å². The molecule has 0 radical (unpaired) electrons. The summed E-state index contributed by atoms with van der Waals surface area (Å²) in [6, 6.07) is 0.461. The first kappa shape index (κ1) is 13.7. The van der Waals surface area contributed by atoms with Crippen LogP contribution in [-0.4, -0.2) is 11.5 Å². The van der Waals surface area contributed by atoms with Crippen LogP contribution in [-0.2, 0) is 0 Å². The Morgan fingerprint density at radius 3 is 2.62 bits per heavy atom. The minimum absolute atomic E-state index is 0.461. The second kappa shape index (κ2) is 7.02. The molecular formula is C13H24N2S. The standard InChI is InChI=1S/C13H24N2S/c1-5-7-8-11(14-6-2)13-15-12(9-16-13)10(3)4/h9-11,14H,5-8H2,1-4H3. The van der Waals surface area contributed by atoms with Crippen LogP contribution in [0, 0.1) is 0 Å². The minimum Gasteiger partial charge on any atom is -0.308 e. The molecule has 0 fully saturated rings. The summed E-state index contributed by atoms with van der Waals surface area (Å²) >= 11 is 1.80. The molecule has 92 valence electrons. The van der Waals surface area contributed by atoms with Crippen LogP contribution >= 0.6 is 11.3 Å². The van der Waals surface area contributed by atoms with Crippen LogP contribution in [0.4, 0.5) is 0 Å². The smallest absolute Gasteiger partial charge is 0.110 e. The average Bonchev–Trinajstić information content (AvgIpc) is 2.73. The first-order valence-corrected chi connectivity index (χ1v) is 7.25. The summed E-state index contributed by atoms with van der Waals surface area (Å²) in [5.74, 6) is 0.540. The monoisotopic (exact) mass is 240 g/mol. The van der Waals surface area contributed by atoms with E-state index < -0.39 is 0 Å². The molecule has 0 bridgehead atoms. The van der Waals surface area contributed by atoms with Crippen molar-refractivity contribution >= 4 is 11.3 Å². The van der Waals surface area contributed by atoms with E-state index in [0.717, 1.165) is 6.54 Å². The van der Waals surface area contributed by atoms with Crippen molar-refractivity contribution < 1.29 is 0 Å². The highest BCUT2D eigenvalue weighted by atomic mass is 32.1. The fraction of sp³-hybridized carbons (Fsp3) is 0.769. The van der Waals surface area contributed by atoms with Gasteiger partial charge in [-0.25, -0.2) is 4.98 Å². The lowest BCUT2D eigenvalue weighted by Gasteiger charge is -2.14. The van der Waals surface area contributed by atoms with Crippen LogP contribution in [0.5, 0.6) is 0 Å². The van der Waals surface area contributed by atoms with Gasteiger partial charge in [-0.05, 0) is 18.9 Å². The van der Waals surface area contributed by atoms with Crippen molar-refractivity contribution in [3.05, 3.63) is 16.1 Å². The van der Waals surface area contributed by atoms with Crippen molar-refractivity contribution in [1.29, 1.82) is 0 Å². The molecule has 1 N–H and O–H groups in total. The van der Waals surface area contributed by atoms with E-state index in [0.29, 0.717) is 12.0 Å². The van der Waals surface area contributed by atoms with Gasteiger partial charge in [0.25, 0.3) is 0 Å². The minimum atomic E-state index is 0.461. The molecule has 1 aromatic rings. The van der Waals surface area contributed by atoms with E-state index >= 15 is 0 Å². The van der Waals surface area contributed by atoms with Gasteiger partial charge in [0.2, 0.25) is 0 Å². The predicted octanol–water partition coefficient (Wildman–Crippen LogP) is 4.11. The van der Waals surface area contributed by atoms with Crippen molar-refractivity contribution in [2.45, 2.75) is 58.9 Å². The summed E-state index contributed by atoms with van der Waals surface area (Å²) in [7, 11) is 0. The number of hydrogen-bond donors (Lipinski definition) is 1. The lowest BCUT2D eigenvalue weighted by Crippen LogP contribution is -2.20. The van der Waals surface area contributed by atoms with Gasteiger partial charge in [-0.15, -0.1) is 11.3 Å². The van der Waals surface area contributed by atoms with Crippen LogP contribution in [0.3, 0.4) is 0 Å². The maximum atomic E-state index is 4.74. The Kier molecular flexibility index (Phi) is 5.99. The van der Waals surface area contributed by atoms with Gasteiger partial charge >= 0.3 is 0 Å². The number of thiazole rings is 1. The van der Waals surface area contributed by atoms with Gasteiger partial charge in [0.1, 0.15) is 5.01 Å². The Morgan fingerprint density at radius 1 is 1.38 bits per heavy atom. The van der Waals surface area contributed by atoms with Crippen molar-refractivity contribution in [3.63, 3.8) is 0 Å². The quantitative estimate of drug-likeness (QED) is 0.776. The third-order valence-electron chi connectivity index (χ3n) is 2.73. The number of aromatic nitrogens is 1. The van der Waals surface area contributed by atoms with Crippen molar-refractivity contribution in [1.82, 2.24) is 10.3 Å². The first-order valence-electron chi connectivity index (χ1n) is 6.37. The summed E-state index contributed by atoms with van der Waals surface area (Å²) in [5.41, 5.74) is 1.24. The van der Waals surface area contributed by atoms with Crippen molar-refractivity contribution in [3.8, 4) is 0 Å². The average molecular weight is 240 g/mol. The molecule has 0 spiro atoms. The maximum Gasteiger partial charge on any atom is 0.110 e. The summed E-state index contributed by atoms with van der Waals surface area (Å²) < 4.78 is 0. The molecule has 1 atom stereocenters. The summed E-state index contributed by atoms with van der Waals surface area (Å²) in [6.45, 7) is 9.82. The Morgan fingerprint density at radius 2 is 2.12 bits per heavy atom. The normalized spacial score (nSPS) is 13.3. The Balaban J connectivity index is 2.67. The van der Waals surface area contributed by atoms with Gasteiger partial charge in [0, 0.05) is 5.38 Å². The molecule has 1 aromatic heterocycles. The summed E-state index contributed by atoms with van der Waals surface area (Å²) in [5, 5.41) is 7.00. The molecule has 0 aliphatic rings. The SMILES string of the molecule is CCCCC(NCC)c1nc(C(C)C)cs1. The van der Waals surface area contributed by atoms with E-state index in [1.807, 2.05) is 0 Å². The molecule has 0 amide bonds. The van der Waals surface area contributed by atoms with Crippen LogP contribution in [0.1, 0.15) is 69.6 Å². The zero-order valence-corrected chi connectivity index (χ0v) is 11.7. The maximum absolute atomic E-state index is 4.74. The zero-order chi connectivity index (χ0) is 12.0. The lowest BCUT2D eigenvalue weighted by molar-refractivity contribution is 0.491. The Hall–Kier alpha value is -0.410. The van der Waals surface area contributed by atoms with Crippen molar-refractivity contribution in [2.75, 3.05) is 6.54 Å². The van der Waals surface area contributed by atoms with E-state index in [1.54, 1.807) is 11.3 Å². The van der Waals surface area contributed by atoms with E-state index in [2.05, 4.69) is 38.4 Å². The zero-order valence-electron chi connectivity index (χ0n) is 10.9. The summed E-state index contributed by atoms with van der Waals surface area (Å²) in [4.78, 5) is 4.74. The molecule has 1 rings (SSSR count). The Bertz CT molecular complexity index is 294. The molecular weight excluding hydrogens is 216 g/mol.